The molecule has 0 radical (unpaired) electrons. The summed E-state index contributed by atoms with van der Waals surface area (Å²) in [7, 11) is -0.702. The predicted molar refractivity (Wildman–Crippen MR) is 64.4 cm³/mol. The minimum atomic E-state index is -0.702. The van der Waals surface area contributed by atoms with E-state index in [1.54, 1.807) is 0 Å². The van der Waals surface area contributed by atoms with Gasteiger partial charge in [0.1, 0.15) is 0 Å². The molecule has 2 unspecified atom stereocenters. The van der Waals surface area contributed by atoms with Gasteiger partial charge in [-0.15, -0.1) is 0 Å². The van der Waals surface area contributed by atoms with Crippen molar-refractivity contribution in [2.75, 3.05) is 18.9 Å². The minimum absolute atomic E-state index is 0.180. The van der Waals surface area contributed by atoms with E-state index >= 15 is 0 Å². The molecule has 0 heterocycles. The highest BCUT2D eigenvalue weighted by Crippen LogP contribution is 2.23. The standard InChI is InChI=1S/C11H23NO2S/c1-2-12-10(7-8-13)9-15(14)11-5-3-4-6-11/h10-13H,2-9H2,1H3. The van der Waals surface area contributed by atoms with Crippen LogP contribution in [0.4, 0.5) is 0 Å². The van der Waals surface area contributed by atoms with Crippen LogP contribution in [0.1, 0.15) is 39.0 Å². The molecule has 15 heavy (non-hydrogen) atoms. The molecule has 0 bridgehead atoms. The topological polar surface area (TPSA) is 49.3 Å². The highest BCUT2D eigenvalue weighted by Gasteiger charge is 2.23. The highest BCUT2D eigenvalue weighted by molar-refractivity contribution is 7.85. The van der Waals surface area contributed by atoms with Gasteiger partial charge in [-0.25, -0.2) is 0 Å². The number of hydrogen-bond donors (Lipinski definition) is 2. The molecule has 1 aliphatic rings. The largest absolute Gasteiger partial charge is 0.396 e. The van der Waals surface area contributed by atoms with E-state index < -0.39 is 10.8 Å². The van der Waals surface area contributed by atoms with Crippen LogP contribution in [0.5, 0.6) is 0 Å². The maximum Gasteiger partial charge on any atom is 0.0446 e. The summed E-state index contributed by atoms with van der Waals surface area (Å²) >= 11 is 0. The smallest absolute Gasteiger partial charge is 0.0446 e. The predicted octanol–water partition coefficient (Wildman–Crippen LogP) is 1.04. The van der Waals surface area contributed by atoms with Crippen molar-refractivity contribution >= 4 is 10.8 Å². The van der Waals surface area contributed by atoms with E-state index in [2.05, 4.69) is 5.32 Å². The van der Waals surface area contributed by atoms with E-state index in [9.17, 15) is 4.21 Å². The quantitative estimate of drug-likeness (QED) is 0.691. The molecule has 0 aromatic heterocycles. The lowest BCUT2D eigenvalue weighted by Gasteiger charge is -2.18. The van der Waals surface area contributed by atoms with E-state index in [0.717, 1.165) is 19.4 Å². The van der Waals surface area contributed by atoms with Crippen molar-refractivity contribution in [1.29, 1.82) is 0 Å². The van der Waals surface area contributed by atoms with Gasteiger partial charge in [0.05, 0.1) is 0 Å². The van der Waals surface area contributed by atoms with E-state index in [4.69, 9.17) is 5.11 Å². The van der Waals surface area contributed by atoms with Gasteiger partial charge in [-0.2, -0.15) is 0 Å². The second-order valence-electron chi connectivity index (χ2n) is 4.22. The molecule has 0 aromatic carbocycles. The summed E-state index contributed by atoms with van der Waals surface area (Å²) in [6.45, 7) is 3.11. The Morgan fingerprint density at radius 1 is 1.47 bits per heavy atom. The Labute approximate surface area is 95.1 Å². The molecule has 0 aliphatic heterocycles. The number of aliphatic hydroxyl groups excluding tert-OH is 1. The summed E-state index contributed by atoms with van der Waals surface area (Å²) in [5.74, 6) is 0.707. The van der Waals surface area contributed by atoms with Gasteiger partial charge in [0.15, 0.2) is 0 Å². The molecule has 90 valence electrons. The Bertz CT molecular complexity index is 187. The molecule has 4 heteroatoms. The van der Waals surface area contributed by atoms with Crippen LogP contribution in [-0.4, -0.2) is 39.5 Å². The zero-order chi connectivity index (χ0) is 11.1. The Balaban J connectivity index is 2.31. The first-order valence-electron chi connectivity index (χ1n) is 5.99. The summed E-state index contributed by atoms with van der Waals surface area (Å²) in [4.78, 5) is 0. The first-order chi connectivity index (χ1) is 7.27. The number of hydrogen-bond acceptors (Lipinski definition) is 3. The van der Waals surface area contributed by atoms with Crippen molar-refractivity contribution in [2.24, 2.45) is 0 Å². The monoisotopic (exact) mass is 233 g/mol. The molecular formula is C11H23NO2S. The maximum absolute atomic E-state index is 12.0. The fourth-order valence-corrected chi connectivity index (χ4v) is 3.99. The molecule has 1 saturated carbocycles. The van der Waals surface area contributed by atoms with Gasteiger partial charge in [0.2, 0.25) is 0 Å². The Kier molecular flexibility index (Phi) is 6.45. The molecule has 2 N–H and O–H groups in total. The molecule has 1 aliphatic carbocycles. The third-order valence-electron chi connectivity index (χ3n) is 3.01. The van der Waals surface area contributed by atoms with Crippen LogP contribution in [0, 0.1) is 0 Å². The Morgan fingerprint density at radius 2 is 2.13 bits per heavy atom. The molecular weight excluding hydrogens is 210 g/mol. The fraction of sp³-hybridized carbons (Fsp3) is 1.00. The van der Waals surface area contributed by atoms with Crippen LogP contribution in [0.2, 0.25) is 0 Å². The van der Waals surface area contributed by atoms with Gasteiger partial charge in [0.25, 0.3) is 0 Å². The fourth-order valence-electron chi connectivity index (χ4n) is 2.17. The first kappa shape index (κ1) is 13.1. The highest BCUT2D eigenvalue weighted by atomic mass is 32.2. The van der Waals surface area contributed by atoms with Gasteiger partial charge in [-0.05, 0) is 25.8 Å². The summed E-state index contributed by atoms with van der Waals surface area (Å²) in [6, 6.07) is 0.224. The Hall–Kier alpha value is 0.0700. The SMILES string of the molecule is CCNC(CCO)CS(=O)C1CCCC1. The third-order valence-corrected chi connectivity index (χ3v) is 4.96. The van der Waals surface area contributed by atoms with Gasteiger partial charge in [0, 0.05) is 34.5 Å². The van der Waals surface area contributed by atoms with Crippen molar-refractivity contribution in [3.8, 4) is 0 Å². The van der Waals surface area contributed by atoms with Crippen molar-refractivity contribution < 1.29 is 9.32 Å². The number of aliphatic hydroxyl groups is 1. The zero-order valence-electron chi connectivity index (χ0n) is 9.58. The number of nitrogens with one attached hydrogen (secondary N) is 1. The summed E-state index contributed by atoms with van der Waals surface area (Å²) in [5.41, 5.74) is 0. The maximum atomic E-state index is 12.0. The Morgan fingerprint density at radius 3 is 2.67 bits per heavy atom. The van der Waals surface area contributed by atoms with Gasteiger partial charge in [-0.1, -0.05) is 19.8 Å². The number of rotatable bonds is 7. The second-order valence-corrected chi connectivity index (χ2v) is 5.98. The van der Waals surface area contributed by atoms with E-state index in [1.807, 2.05) is 6.92 Å². The first-order valence-corrected chi connectivity index (χ1v) is 7.37. The van der Waals surface area contributed by atoms with Crippen LogP contribution < -0.4 is 5.32 Å². The lowest BCUT2D eigenvalue weighted by atomic mass is 10.2. The summed E-state index contributed by atoms with van der Waals surface area (Å²) in [6.07, 6.45) is 5.45. The normalized spacial score (nSPS) is 21.7. The molecule has 0 amide bonds. The average molecular weight is 233 g/mol. The molecule has 2 atom stereocenters. The van der Waals surface area contributed by atoms with Crippen molar-refractivity contribution in [1.82, 2.24) is 5.32 Å². The van der Waals surface area contributed by atoms with Gasteiger partial charge in [-0.3, -0.25) is 4.21 Å². The average Bonchev–Trinajstić information content (AvgIpc) is 2.71. The van der Waals surface area contributed by atoms with Crippen molar-refractivity contribution in [3.63, 3.8) is 0 Å². The van der Waals surface area contributed by atoms with E-state index in [-0.39, 0.29) is 12.6 Å². The van der Waals surface area contributed by atoms with Gasteiger partial charge >= 0.3 is 0 Å². The molecule has 0 saturated heterocycles. The molecule has 0 aromatic rings. The molecule has 3 nitrogen and oxygen atoms in total. The second kappa shape index (κ2) is 7.36. The lowest BCUT2D eigenvalue weighted by Crippen LogP contribution is -2.36. The van der Waals surface area contributed by atoms with Crippen LogP contribution in [0.25, 0.3) is 0 Å². The molecule has 1 fully saturated rings. The van der Waals surface area contributed by atoms with Crippen LogP contribution in [0.15, 0.2) is 0 Å². The van der Waals surface area contributed by atoms with Crippen LogP contribution in [0.3, 0.4) is 0 Å². The van der Waals surface area contributed by atoms with Gasteiger partial charge < -0.3 is 10.4 Å². The van der Waals surface area contributed by atoms with E-state index in [1.165, 1.54) is 12.8 Å². The van der Waals surface area contributed by atoms with Crippen molar-refractivity contribution in [3.05, 3.63) is 0 Å². The van der Waals surface area contributed by atoms with Crippen LogP contribution >= 0.6 is 0 Å². The summed E-state index contributed by atoms with van der Waals surface area (Å²) < 4.78 is 12.0. The van der Waals surface area contributed by atoms with Crippen LogP contribution in [-0.2, 0) is 10.8 Å². The minimum Gasteiger partial charge on any atom is -0.396 e. The van der Waals surface area contributed by atoms with Crippen molar-refractivity contribution in [2.45, 2.75) is 50.3 Å². The molecule has 0 spiro atoms. The lowest BCUT2D eigenvalue weighted by molar-refractivity contribution is 0.270. The molecule has 1 rings (SSSR count). The summed E-state index contributed by atoms with van der Waals surface area (Å²) in [5, 5.41) is 12.6. The van der Waals surface area contributed by atoms with E-state index in [0.29, 0.717) is 17.4 Å². The zero-order valence-corrected chi connectivity index (χ0v) is 10.4. The third kappa shape index (κ3) is 4.62.